The second-order valence-electron chi connectivity index (χ2n) is 7.26. The van der Waals surface area contributed by atoms with E-state index in [9.17, 15) is 9.18 Å². The first-order chi connectivity index (χ1) is 13.1. The second kappa shape index (κ2) is 7.10. The van der Waals surface area contributed by atoms with Gasteiger partial charge in [-0.1, -0.05) is 31.4 Å². The molecule has 5 nitrogen and oxygen atoms in total. The van der Waals surface area contributed by atoms with E-state index in [0.29, 0.717) is 28.0 Å². The standard InChI is InChI=1S/C21H23FN4O/c1-14-12-16(21(27)25(2)15-8-4-3-5-9-15)17-13-23-26(20(17)24-14)19-11-7-6-10-18(19)22/h6-7,10-13,15H,3-5,8-9H2,1-2H3. The van der Waals surface area contributed by atoms with Crippen molar-refractivity contribution in [2.45, 2.75) is 45.1 Å². The van der Waals surface area contributed by atoms with E-state index in [-0.39, 0.29) is 17.8 Å². The molecule has 27 heavy (non-hydrogen) atoms. The predicted molar refractivity (Wildman–Crippen MR) is 103 cm³/mol. The maximum atomic E-state index is 14.2. The molecule has 0 atom stereocenters. The highest BCUT2D eigenvalue weighted by Crippen LogP contribution is 2.27. The molecular formula is C21H23FN4O. The van der Waals surface area contributed by atoms with Crippen molar-refractivity contribution >= 4 is 16.9 Å². The van der Waals surface area contributed by atoms with Crippen molar-refractivity contribution in [3.63, 3.8) is 0 Å². The van der Waals surface area contributed by atoms with Crippen molar-refractivity contribution in [2.24, 2.45) is 0 Å². The van der Waals surface area contributed by atoms with E-state index in [1.54, 1.807) is 30.5 Å². The van der Waals surface area contributed by atoms with Gasteiger partial charge >= 0.3 is 0 Å². The number of hydrogen-bond acceptors (Lipinski definition) is 3. The maximum Gasteiger partial charge on any atom is 0.254 e. The summed E-state index contributed by atoms with van der Waals surface area (Å²) in [5.74, 6) is -0.400. The van der Waals surface area contributed by atoms with Gasteiger partial charge in [0.1, 0.15) is 11.5 Å². The summed E-state index contributed by atoms with van der Waals surface area (Å²) in [7, 11) is 1.88. The van der Waals surface area contributed by atoms with Gasteiger partial charge in [-0.25, -0.2) is 14.1 Å². The van der Waals surface area contributed by atoms with Crippen molar-refractivity contribution in [1.29, 1.82) is 0 Å². The Morgan fingerprint density at radius 2 is 1.96 bits per heavy atom. The molecule has 4 rings (SSSR count). The Morgan fingerprint density at radius 3 is 2.70 bits per heavy atom. The van der Waals surface area contributed by atoms with Gasteiger partial charge in [0.2, 0.25) is 0 Å². The first kappa shape index (κ1) is 17.6. The molecule has 2 aromatic heterocycles. The minimum atomic E-state index is -0.377. The van der Waals surface area contributed by atoms with Crippen LogP contribution >= 0.6 is 0 Å². The Labute approximate surface area is 157 Å². The van der Waals surface area contributed by atoms with Gasteiger partial charge in [0.05, 0.1) is 17.1 Å². The third-order valence-electron chi connectivity index (χ3n) is 5.42. The zero-order valence-electron chi connectivity index (χ0n) is 15.7. The van der Waals surface area contributed by atoms with E-state index in [1.807, 2.05) is 18.9 Å². The van der Waals surface area contributed by atoms with Crippen LogP contribution in [0.3, 0.4) is 0 Å². The van der Waals surface area contributed by atoms with Crippen LogP contribution < -0.4 is 0 Å². The van der Waals surface area contributed by atoms with Crippen LogP contribution in [0.15, 0.2) is 36.5 Å². The van der Waals surface area contributed by atoms with Crippen LogP contribution in [0.5, 0.6) is 0 Å². The van der Waals surface area contributed by atoms with Crippen LogP contribution in [0.2, 0.25) is 0 Å². The number of carbonyl (C=O) groups is 1. The van der Waals surface area contributed by atoms with Gasteiger partial charge in [-0.05, 0) is 38.0 Å². The van der Waals surface area contributed by atoms with Gasteiger partial charge in [0.15, 0.2) is 5.65 Å². The van der Waals surface area contributed by atoms with E-state index in [1.165, 1.54) is 17.2 Å². The molecule has 1 aliphatic carbocycles. The second-order valence-corrected chi connectivity index (χ2v) is 7.26. The topological polar surface area (TPSA) is 51.0 Å². The summed E-state index contributed by atoms with van der Waals surface area (Å²) < 4.78 is 15.7. The number of aromatic nitrogens is 3. The van der Waals surface area contributed by atoms with Gasteiger partial charge in [-0.15, -0.1) is 0 Å². The minimum Gasteiger partial charge on any atom is -0.339 e. The molecule has 0 bridgehead atoms. The summed E-state index contributed by atoms with van der Waals surface area (Å²) >= 11 is 0. The van der Waals surface area contributed by atoms with Crippen molar-refractivity contribution in [2.75, 3.05) is 7.05 Å². The summed E-state index contributed by atoms with van der Waals surface area (Å²) in [6, 6.07) is 8.51. The molecule has 6 heteroatoms. The highest BCUT2D eigenvalue weighted by Gasteiger charge is 2.25. The molecule has 140 valence electrons. The van der Waals surface area contributed by atoms with E-state index < -0.39 is 0 Å². The fourth-order valence-corrected chi connectivity index (χ4v) is 3.93. The number of amides is 1. The average Bonchev–Trinajstić information content (AvgIpc) is 3.10. The SMILES string of the molecule is Cc1cc(C(=O)N(C)C2CCCCC2)c2cnn(-c3ccccc3F)c2n1. The third kappa shape index (κ3) is 3.20. The van der Waals surface area contributed by atoms with E-state index >= 15 is 0 Å². The zero-order chi connectivity index (χ0) is 19.0. The molecule has 0 unspecified atom stereocenters. The molecule has 1 fully saturated rings. The number of fused-ring (bicyclic) bond motifs is 1. The fraction of sp³-hybridized carbons (Fsp3) is 0.381. The van der Waals surface area contributed by atoms with Crippen molar-refractivity contribution < 1.29 is 9.18 Å². The van der Waals surface area contributed by atoms with Crippen molar-refractivity contribution in [3.8, 4) is 5.69 Å². The number of para-hydroxylation sites is 1. The van der Waals surface area contributed by atoms with Crippen LogP contribution in [-0.2, 0) is 0 Å². The molecule has 1 aliphatic rings. The summed E-state index contributed by atoms with van der Waals surface area (Å²) in [5.41, 5.74) is 2.11. The van der Waals surface area contributed by atoms with Gasteiger partial charge in [0.25, 0.3) is 5.91 Å². The summed E-state index contributed by atoms with van der Waals surface area (Å²) in [4.78, 5) is 19.6. The van der Waals surface area contributed by atoms with E-state index in [0.717, 1.165) is 25.7 Å². The number of pyridine rings is 1. The van der Waals surface area contributed by atoms with Gasteiger partial charge in [0, 0.05) is 18.8 Å². The Bertz CT molecular complexity index is 991. The van der Waals surface area contributed by atoms with Crippen LogP contribution in [0.25, 0.3) is 16.7 Å². The average molecular weight is 366 g/mol. The Balaban J connectivity index is 1.78. The lowest BCUT2D eigenvalue weighted by atomic mass is 9.94. The molecular weight excluding hydrogens is 343 g/mol. The summed E-state index contributed by atoms with van der Waals surface area (Å²) in [5, 5.41) is 4.98. The first-order valence-electron chi connectivity index (χ1n) is 9.43. The lowest BCUT2D eigenvalue weighted by Gasteiger charge is -2.31. The highest BCUT2D eigenvalue weighted by molar-refractivity contribution is 6.05. The molecule has 0 spiro atoms. The summed E-state index contributed by atoms with van der Waals surface area (Å²) in [6.45, 7) is 1.84. The Morgan fingerprint density at radius 1 is 1.22 bits per heavy atom. The van der Waals surface area contributed by atoms with Crippen LogP contribution in [-0.4, -0.2) is 38.7 Å². The molecule has 0 aliphatic heterocycles. The van der Waals surface area contributed by atoms with E-state index in [2.05, 4.69) is 10.1 Å². The number of nitrogens with zero attached hydrogens (tertiary/aromatic N) is 4. The first-order valence-corrected chi connectivity index (χ1v) is 9.43. The van der Waals surface area contributed by atoms with Gasteiger partial charge < -0.3 is 4.90 Å². The monoisotopic (exact) mass is 366 g/mol. The number of carbonyl (C=O) groups excluding carboxylic acids is 1. The van der Waals surface area contributed by atoms with Crippen molar-refractivity contribution in [3.05, 3.63) is 53.6 Å². The number of aryl methyl sites for hydroxylation is 1. The molecule has 2 heterocycles. The fourth-order valence-electron chi connectivity index (χ4n) is 3.93. The van der Waals surface area contributed by atoms with Crippen LogP contribution in [0.1, 0.15) is 48.2 Å². The highest BCUT2D eigenvalue weighted by atomic mass is 19.1. The number of rotatable bonds is 3. The quantitative estimate of drug-likeness (QED) is 0.695. The number of hydrogen-bond donors (Lipinski definition) is 0. The molecule has 1 aromatic carbocycles. The lowest BCUT2D eigenvalue weighted by Crippen LogP contribution is -2.38. The van der Waals surface area contributed by atoms with Crippen molar-refractivity contribution in [1.82, 2.24) is 19.7 Å². The molecule has 1 amide bonds. The molecule has 0 saturated heterocycles. The van der Waals surface area contributed by atoms with Gasteiger partial charge in [-0.3, -0.25) is 4.79 Å². The number of benzene rings is 1. The third-order valence-corrected chi connectivity index (χ3v) is 5.42. The molecule has 1 saturated carbocycles. The Kier molecular flexibility index (Phi) is 4.64. The molecule has 0 N–H and O–H groups in total. The lowest BCUT2D eigenvalue weighted by molar-refractivity contribution is 0.0698. The zero-order valence-corrected chi connectivity index (χ0v) is 15.7. The van der Waals surface area contributed by atoms with Crippen LogP contribution in [0, 0.1) is 12.7 Å². The normalized spacial score (nSPS) is 15.2. The largest absolute Gasteiger partial charge is 0.339 e. The maximum absolute atomic E-state index is 14.2. The predicted octanol–water partition coefficient (Wildman–Crippen LogP) is 4.27. The molecule has 3 aromatic rings. The van der Waals surface area contributed by atoms with E-state index in [4.69, 9.17) is 0 Å². The minimum absolute atomic E-state index is 0.0227. The Hall–Kier alpha value is -2.76. The van der Waals surface area contributed by atoms with Gasteiger partial charge in [-0.2, -0.15) is 5.10 Å². The molecule has 0 radical (unpaired) electrons. The number of halogens is 1. The van der Waals surface area contributed by atoms with Crippen LogP contribution in [0.4, 0.5) is 4.39 Å². The smallest absolute Gasteiger partial charge is 0.254 e. The summed E-state index contributed by atoms with van der Waals surface area (Å²) in [6.07, 6.45) is 7.27.